The standard InChI is InChI=1S/C15H23N3O2/c1-15(2,16)14(20)17-12-8-10-4-6-18(3)7-5-11(10)9-13(12)19/h8-9,19H,4-7,16H2,1-3H3,(H,17,20). The van der Waals surface area contributed by atoms with Crippen LogP contribution in [0, 0.1) is 0 Å². The number of fused-ring (bicyclic) bond motifs is 1. The normalized spacial score (nSPS) is 16.4. The highest BCUT2D eigenvalue weighted by Crippen LogP contribution is 2.30. The Morgan fingerprint density at radius 1 is 1.30 bits per heavy atom. The van der Waals surface area contributed by atoms with Crippen molar-refractivity contribution in [3.05, 3.63) is 23.3 Å². The molecule has 110 valence electrons. The number of hydrogen-bond donors (Lipinski definition) is 3. The van der Waals surface area contributed by atoms with Crippen LogP contribution in [0.2, 0.25) is 0 Å². The number of nitrogens with one attached hydrogen (secondary N) is 1. The molecule has 0 spiro atoms. The van der Waals surface area contributed by atoms with Gasteiger partial charge >= 0.3 is 0 Å². The summed E-state index contributed by atoms with van der Waals surface area (Å²) in [5, 5.41) is 12.8. The van der Waals surface area contributed by atoms with E-state index in [9.17, 15) is 9.90 Å². The second-order valence-corrected chi connectivity index (χ2v) is 6.12. The van der Waals surface area contributed by atoms with Gasteiger partial charge in [-0.1, -0.05) is 0 Å². The fourth-order valence-corrected chi connectivity index (χ4v) is 2.26. The third-order valence-electron chi connectivity index (χ3n) is 3.68. The minimum Gasteiger partial charge on any atom is -0.506 e. The van der Waals surface area contributed by atoms with Crippen LogP contribution < -0.4 is 11.1 Å². The average Bonchev–Trinajstić information content (AvgIpc) is 2.52. The lowest BCUT2D eigenvalue weighted by atomic mass is 10.0. The first kappa shape index (κ1) is 14.8. The number of likely N-dealkylation sites (N-methyl/N-ethyl adjacent to an activating group) is 1. The van der Waals surface area contributed by atoms with Gasteiger partial charge in [-0.2, -0.15) is 0 Å². The van der Waals surface area contributed by atoms with Crippen molar-refractivity contribution in [3.63, 3.8) is 0 Å². The van der Waals surface area contributed by atoms with Gasteiger partial charge in [0.2, 0.25) is 5.91 Å². The number of nitrogens with zero attached hydrogens (tertiary/aromatic N) is 1. The Kier molecular flexibility index (Phi) is 4.01. The summed E-state index contributed by atoms with van der Waals surface area (Å²) in [5.74, 6) is -0.204. The molecular formula is C15H23N3O2. The van der Waals surface area contributed by atoms with Crippen molar-refractivity contribution in [2.24, 2.45) is 5.73 Å². The summed E-state index contributed by atoms with van der Waals surface area (Å²) in [7, 11) is 2.09. The lowest BCUT2D eigenvalue weighted by molar-refractivity contribution is -0.120. The summed E-state index contributed by atoms with van der Waals surface area (Å²) in [5.41, 5.74) is 7.55. The summed E-state index contributed by atoms with van der Waals surface area (Å²) in [4.78, 5) is 14.2. The average molecular weight is 277 g/mol. The quantitative estimate of drug-likeness (QED) is 0.707. The van der Waals surface area contributed by atoms with Gasteiger partial charge in [0.15, 0.2) is 0 Å². The third kappa shape index (κ3) is 3.29. The molecule has 0 saturated carbocycles. The SMILES string of the molecule is CN1CCc2cc(O)c(NC(=O)C(C)(C)N)cc2CC1. The van der Waals surface area contributed by atoms with E-state index in [0.29, 0.717) is 5.69 Å². The summed E-state index contributed by atoms with van der Waals surface area (Å²) >= 11 is 0. The van der Waals surface area contributed by atoms with Crippen LogP contribution in [0.15, 0.2) is 12.1 Å². The summed E-state index contributed by atoms with van der Waals surface area (Å²) in [6.45, 7) is 5.23. The number of carbonyl (C=O) groups is 1. The molecule has 0 radical (unpaired) electrons. The molecular weight excluding hydrogens is 254 g/mol. The highest BCUT2D eigenvalue weighted by Gasteiger charge is 2.23. The van der Waals surface area contributed by atoms with E-state index in [2.05, 4.69) is 17.3 Å². The predicted molar refractivity (Wildman–Crippen MR) is 79.9 cm³/mol. The molecule has 5 heteroatoms. The molecule has 0 aromatic heterocycles. The Morgan fingerprint density at radius 2 is 1.85 bits per heavy atom. The molecule has 1 heterocycles. The summed E-state index contributed by atoms with van der Waals surface area (Å²) in [6, 6.07) is 3.63. The van der Waals surface area contributed by atoms with E-state index in [0.717, 1.165) is 31.5 Å². The second-order valence-electron chi connectivity index (χ2n) is 6.12. The Labute approximate surface area is 119 Å². The molecule has 4 N–H and O–H groups in total. The number of phenols is 1. The zero-order chi connectivity index (χ0) is 14.9. The van der Waals surface area contributed by atoms with Crippen LogP contribution in [0.3, 0.4) is 0 Å². The van der Waals surface area contributed by atoms with Crippen LogP contribution in [-0.4, -0.2) is 41.6 Å². The third-order valence-corrected chi connectivity index (χ3v) is 3.68. The second kappa shape index (κ2) is 5.42. The van der Waals surface area contributed by atoms with Gasteiger partial charge < -0.3 is 21.1 Å². The molecule has 1 amide bonds. The van der Waals surface area contributed by atoms with E-state index < -0.39 is 5.54 Å². The van der Waals surface area contributed by atoms with Crippen molar-refractivity contribution in [1.82, 2.24) is 4.90 Å². The Balaban J connectivity index is 2.26. The number of hydrogen-bond acceptors (Lipinski definition) is 4. The lowest BCUT2D eigenvalue weighted by Gasteiger charge is -2.19. The highest BCUT2D eigenvalue weighted by atomic mass is 16.3. The zero-order valence-electron chi connectivity index (χ0n) is 12.4. The van der Waals surface area contributed by atoms with Gasteiger partial charge in [0.25, 0.3) is 0 Å². The lowest BCUT2D eigenvalue weighted by Crippen LogP contribution is -2.45. The van der Waals surface area contributed by atoms with Crippen molar-refractivity contribution in [1.29, 1.82) is 0 Å². The highest BCUT2D eigenvalue weighted by molar-refractivity contribution is 5.98. The molecule has 2 rings (SSSR count). The molecule has 0 fully saturated rings. The van der Waals surface area contributed by atoms with Gasteiger partial charge in [0.05, 0.1) is 11.2 Å². The molecule has 1 aromatic carbocycles. The number of anilines is 1. The van der Waals surface area contributed by atoms with Crippen LogP contribution in [-0.2, 0) is 17.6 Å². The molecule has 1 aliphatic rings. The van der Waals surface area contributed by atoms with Gasteiger partial charge in [-0.3, -0.25) is 4.79 Å². The minimum absolute atomic E-state index is 0.103. The van der Waals surface area contributed by atoms with Crippen molar-refractivity contribution in [2.45, 2.75) is 32.2 Å². The van der Waals surface area contributed by atoms with E-state index in [1.54, 1.807) is 19.9 Å². The van der Waals surface area contributed by atoms with E-state index in [1.807, 2.05) is 6.07 Å². The molecule has 0 atom stereocenters. The number of aromatic hydroxyl groups is 1. The smallest absolute Gasteiger partial charge is 0.243 e. The van der Waals surface area contributed by atoms with Gasteiger partial charge in [0.1, 0.15) is 5.75 Å². The first-order valence-corrected chi connectivity index (χ1v) is 6.91. The molecule has 1 aliphatic heterocycles. The fraction of sp³-hybridized carbons (Fsp3) is 0.533. The van der Waals surface area contributed by atoms with Gasteiger partial charge in [-0.15, -0.1) is 0 Å². The number of nitrogens with two attached hydrogens (primary N) is 1. The molecule has 20 heavy (non-hydrogen) atoms. The zero-order valence-corrected chi connectivity index (χ0v) is 12.4. The largest absolute Gasteiger partial charge is 0.506 e. The van der Waals surface area contributed by atoms with Gasteiger partial charge in [-0.05, 0) is 57.0 Å². The van der Waals surface area contributed by atoms with Gasteiger partial charge in [0, 0.05) is 13.1 Å². The maximum atomic E-state index is 11.9. The van der Waals surface area contributed by atoms with E-state index >= 15 is 0 Å². The summed E-state index contributed by atoms with van der Waals surface area (Å²) in [6.07, 6.45) is 1.83. The number of benzene rings is 1. The monoisotopic (exact) mass is 277 g/mol. The van der Waals surface area contributed by atoms with Crippen LogP contribution in [0.4, 0.5) is 5.69 Å². The van der Waals surface area contributed by atoms with E-state index in [1.165, 1.54) is 5.56 Å². The molecule has 0 saturated heterocycles. The minimum atomic E-state index is -0.973. The van der Waals surface area contributed by atoms with Gasteiger partial charge in [-0.25, -0.2) is 0 Å². The number of rotatable bonds is 2. The van der Waals surface area contributed by atoms with Crippen LogP contribution in [0.25, 0.3) is 0 Å². The van der Waals surface area contributed by atoms with Crippen molar-refractivity contribution >= 4 is 11.6 Å². The number of amides is 1. The topological polar surface area (TPSA) is 78.6 Å². The maximum absolute atomic E-state index is 11.9. The van der Waals surface area contributed by atoms with E-state index in [4.69, 9.17) is 5.73 Å². The molecule has 1 aromatic rings. The first-order valence-electron chi connectivity index (χ1n) is 6.91. The Morgan fingerprint density at radius 3 is 2.40 bits per heavy atom. The van der Waals surface area contributed by atoms with Crippen molar-refractivity contribution in [2.75, 3.05) is 25.5 Å². The van der Waals surface area contributed by atoms with Crippen molar-refractivity contribution < 1.29 is 9.90 Å². The predicted octanol–water partition coefficient (Wildman–Crippen LogP) is 1.10. The molecule has 0 bridgehead atoms. The van der Waals surface area contributed by atoms with Crippen molar-refractivity contribution in [3.8, 4) is 5.75 Å². The molecule has 0 aliphatic carbocycles. The fourth-order valence-electron chi connectivity index (χ4n) is 2.26. The Bertz CT molecular complexity index is 521. The van der Waals surface area contributed by atoms with Crippen LogP contribution in [0.1, 0.15) is 25.0 Å². The molecule has 5 nitrogen and oxygen atoms in total. The van der Waals surface area contributed by atoms with Crippen LogP contribution >= 0.6 is 0 Å². The Hall–Kier alpha value is -1.59. The van der Waals surface area contributed by atoms with Crippen LogP contribution in [0.5, 0.6) is 5.75 Å². The first-order chi connectivity index (χ1) is 9.27. The number of carbonyl (C=O) groups excluding carboxylic acids is 1. The number of phenolic OH excluding ortho intramolecular Hbond substituents is 1. The maximum Gasteiger partial charge on any atom is 0.243 e. The van der Waals surface area contributed by atoms with E-state index in [-0.39, 0.29) is 11.7 Å². The summed E-state index contributed by atoms with van der Waals surface area (Å²) < 4.78 is 0. The molecule has 0 unspecified atom stereocenters.